The summed E-state index contributed by atoms with van der Waals surface area (Å²) in [5.41, 5.74) is 0. The second-order valence-corrected chi connectivity index (χ2v) is 5.93. The van der Waals surface area contributed by atoms with Crippen LogP contribution in [0, 0.1) is 11.8 Å². The summed E-state index contributed by atoms with van der Waals surface area (Å²) in [4.78, 5) is 23.6. The Labute approximate surface area is 114 Å². The van der Waals surface area contributed by atoms with Gasteiger partial charge in [-0.2, -0.15) is 0 Å². The molecule has 2 unspecified atom stereocenters. The van der Waals surface area contributed by atoms with Gasteiger partial charge in [-0.15, -0.1) is 0 Å². The number of amides is 2. The molecular formula is C14H24N2O3. The zero-order valence-corrected chi connectivity index (χ0v) is 11.7. The van der Waals surface area contributed by atoms with Crippen LogP contribution in [0.2, 0.25) is 0 Å². The molecular weight excluding hydrogens is 244 g/mol. The molecule has 1 aliphatic heterocycles. The Bertz CT molecular complexity index is 351. The van der Waals surface area contributed by atoms with Crippen LogP contribution in [-0.4, -0.2) is 35.1 Å². The fraction of sp³-hybridized carbons (Fsp3) is 0.857. The van der Waals surface area contributed by atoms with Gasteiger partial charge in [-0.25, -0.2) is 0 Å². The van der Waals surface area contributed by atoms with Gasteiger partial charge in [-0.3, -0.25) is 9.59 Å². The molecule has 4 atom stereocenters. The highest BCUT2D eigenvalue weighted by Gasteiger charge is 2.47. The largest absolute Gasteiger partial charge is 0.393 e. The Morgan fingerprint density at radius 2 is 1.95 bits per heavy atom. The number of rotatable bonds is 4. The number of β-lactam (4-membered cyclic amide) rings is 1. The Morgan fingerprint density at radius 1 is 1.32 bits per heavy atom. The van der Waals surface area contributed by atoms with E-state index < -0.39 is 12.0 Å². The van der Waals surface area contributed by atoms with Gasteiger partial charge in [0.05, 0.1) is 24.0 Å². The van der Waals surface area contributed by atoms with Crippen LogP contribution in [0.1, 0.15) is 46.0 Å². The van der Waals surface area contributed by atoms with Crippen LogP contribution in [0.25, 0.3) is 0 Å². The van der Waals surface area contributed by atoms with E-state index in [0.29, 0.717) is 0 Å². The molecule has 2 aliphatic rings. The Kier molecular flexibility index (Phi) is 4.45. The predicted molar refractivity (Wildman–Crippen MR) is 71.3 cm³/mol. The molecule has 2 fully saturated rings. The minimum Gasteiger partial charge on any atom is -0.393 e. The van der Waals surface area contributed by atoms with E-state index in [9.17, 15) is 14.7 Å². The monoisotopic (exact) mass is 268 g/mol. The number of aliphatic hydroxyl groups is 1. The molecule has 1 saturated carbocycles. The van der Waals surface area contributed by atoms with Crippen LogP contribution < -0.4 is 10.6 Å². The Balaban J connectivity index is 1.86. The van der Waals surface area contributed by atoms with E-state index in [-0.39, 0.29) is 29.8 Å². The zero-order valence-electron chi connectivity index (χ0n) is 11.7. The maximum absolute atomic E-state index is 12.2. The van der Waals surface area contributed by atoms with E-state index in [4.69, 9.17) is 0 Å². The van der Waals surface area contributed by atoms with Crippen LogP contribution in [0.15, 0.2) is 0 Å². The fourth-order valence-corrected chi connectivity index (χ4v) is 3.11. The number of carbonyl (C=O) groups is 2. The van der Waals surface area contributed by atoms with Crippen molar-refractivity contribution < 1.29 is 14.7 Å². The summed E-state index contributed by atoms with van der Waals surface area (Å²) in [5.74, 6) is -0.911. The molecule has 108 valence electrons. The maximum atomic E-state index is 12.2. The standard InChI is InChI=1S/C14H24N2O3/c1-8(12-11(9(2)17)14(19)16-12)13(18)15-10-6-4-3-5-7-10/h8-12,17H,3-7H2,1-2H3,(H,15,18)(H,16,19)/t8?,9?,11-,12-/m1/s1. The highest BCUT2D eigenvalue weighted by molar-refractivity contribution is 5.90. The smallest absolute Gasteiger partial charge is 0.228 e. The van der Waals surface area contributed by atoms with Crippen molar-refractivity contribution in [2.24, 2.45) is 11.8 Å². The van der Waals surface area contributed by atoms with Crippen molar-refractivity contribution in [1.82, 2.24) is 10.6 Å². The summed E-state index contributed by atoms with van der Waals surface area (Å²) in [7, 11) is 0. The predicted octanol–water partition coefficient (Wildman–Crippen LogP) is 0.567. The lowest BCUT2D eigenvalue weighted by atomic mass is 9.78. The first-order chi connectivity index (χ1) is 9.00. The van der Waals surface area contributed by atoms with Crippen molar-refractivity contribution in [2.75, 3.05) is 0 Å². The summed E-state index contributed by atoms with van der Waals surface area (Å²) < 4.78 is 0. The van der Waals surface area contributed by atoms with Gasteiger partial charge in [0.2, 0.25) is 11.8 Å². The van der Waals surface area contributed by atoms with Crippen molar-refractivity contribution in [2.45, 2.75) is 64.1 Å². The van der Waals surface area contributed by atoms with E-state index in [1.54, 1.807) is 6.92 Å². The second kappa shape index (κ2) is 5.90. The first-order valence-electron chi connectivity index (χ1n) is 7.29. The van der Waals surface area contributed by atoms with Gasteiger partial charge in [-0.05, 0) is 19.8 Å². The van der Waals surface area contributed by atoms with Gasteiger partial charge < -0.3 is 15.7 Å². The van der Waals surface area contributed by atoms with Crippen LogP contribution >= 0.6 is 0 Å². The highest BCUT2D eigenvalue weighted by atomic mass is 16.3. The van der Waals surface area contributed by atoms with E-state index in [2.05, 4.69) is 10.6 Å². The third-order valence-electron chi connectivity index (χ3n) is 4.42. The van der Waals surface area contributed by atoms with Crippen molar-refractivity contribution in [3.63, 3.8) is 0 Å². The topological polar surface area (TPSA) is 78.4 Å². The van der Waals surface area contributed by atoms with Crippen LogP contribution in [0.4, 0.5) is 0 Å². The van der Waals surface area contributed by atoms with Crippen LogP contribution in [-0.2, 0) is 9.59 Å². The molecule has 5 heteroatoms. The van der Waals surface area contributed by atoms with E-state index >= 15 is 0 Å². The van der Waals surface area contributed by atoms with Gasteiger partial charge in [0.15, 0.2) is 0 Å². The van der Waals surface area contributed by atoms with Crippen molar-refractivity contribution in [3.8, 4) is 0 Å². The minimum absolute atomic E-state index is 0.0115. The molecule has 0 bridgehead atoms. The molecule has 1 heterocycles. The van der Waals surface area contributed by atoms with Gasteiger partial charge in [0, 0.05) is 6.04 Å². The SMILES string of the molecule is CC(C(=O)NC1CCCCC1)[C@H]1NC(=O)[C@@H]1C(C)O. The molecule has 2 amide bonds. The van der Waals surface area contributed by atoms with Crippen molar-refractivity contribution in [1.29, 1.82) is 0 Å². The summed E-state index contributed by atoms with van der Waals surface area (Å²) >= 11 is 0. The highest BCUT2D eigenvalue weighted by Crippen LogP contribution is 2.26. The molecule has 2 rings (SSSR count). The molecule has 1 saturated heterocycles. The molecule has 0 aromatic rings. The number of hydrogen-bond acceptors (Lipinski definition) is 3. The van der Waals surface area contributed by atoms with Gasteiger partial charge in [-0.1, -0.05) is 26.2 Å². The maximum Gasteiger partial charge on any atom is 0.228 e. The Hall–Kier alpha value is -1.10. The Morgan fingerprint density at radius 3 is 2.47 bits per heavy atom. The molecule has 19 heavy (non-hydrogen) atoms. The van der Waals surface area contributed by atoms with Crippen LogP contribution in [0.5, 0.6) is 0 Å². The normalized spacial score (nSPS) is 31.0. The van der Waals surface area contributed by atoms with Crippen molar-refractivity contribution >= 4 is 11.8 Å². The molecule has 0 aromatic carbocycles. The number of aliphatic hydroxyl groups excluding tert-OH is 1. The lowest BCUT2D eigenvalue weighted by Gasteiger charge is -2.41. The molecule has 0 aromatic heterocycles. The molecule has 3 N–H and O–H groups in total. The minimum atomic E-state index is -0.705. The third kappa shape index (κ3) is 3.08. The second-order valence-electron chi connectivity index (χ2n) is 5.93. The van der Waals surface area contributed by atoms with Crippen molar-refractivity contribution in [3.05, 3.63) is 0 Å². The van der Waals surface area contributed by atoms with E-state index in [1.165, 1.54) is 19.3 Å². The lowest BCUT2D eigenvalue weighted by molar-refractivity contribution is -0.145. The fourth-order valence-electron chi connectivity index (χ4n) is 3.11. The molecule has 5 nitrogen and oxygen atoms in total. The number of carbonyl (C=O) groups excluding carboxylic acids is 2. The van der Waals surface area contributed by atoms with E-state index in [1.807, 2.05) is 6.92 Å². The first-order valence-corrected chi connectivity index (χ1v) is 7.29. The first kappa shape index (κ1) is 14.3. The van der Waals surface area contributed by atoms with Gasteiger partial charge in [0.1, 0.15) is 0 Å². The lowest BCUT2D eigenvalue weighted by Crippen LogP contribution is -2.66. The third-order valence-corrected chi connectivity index (χ3v) is 4.42. The summed E-state index contributed by atoms with van der Waals surface area (Å²) in [6.07, 6.45) is 5.00. The van der Waals surface area contributed by atoms with Gasteiger partial charge in [0.25, 0.3) is 0 Å². The summed E-state index contributed by atoms with van der Waals surface area (Å²) in [6, 6.07) is 0.0422. The van der Waals surface area contributed by atoms with E-state index in [0.717, 1.165) is 12.8 Å². The summed E-state index contributed by atoms with van der Waals surface area (Å²) in [6.45, 7) is 3.42. The molecule has 1 aliphatic carbocycles. The number of nitrogens with one attached hydrogen (secondary N) is 2. The summed E-state index contributed by atoms with van der Waals surface area (Å²) in [5, 5.41) is 15.4. The van der Waals surface area contributed by atoms with Crippen LogP contribution in [0.3, 0.4) is 0 Å². The zero-order chi connectivity index (χ0) is 14.0. The average molecular weight is 268 g/mol. The molecule has 0 radical (unpaired) electrons. The average Bonchev–Trinajstić information content (AvgIpc) is 2.35. The number of hydrogen-bond donors (Lipinski definition) is 3. The quantitative estimate of drug-likeness (QED) is 0.652. The molecule has 0 spiro atoms. The van der Waals surface area contributed by atoms with Gasteiger partial charge >= 0.3 is 0 Å².